The van der Waals surface area contributed by atoms with Crippen LogP contribution in [0.3, 0.4) is 0 Å². The van der Waals surface area contributed by atoms with Crippen LogP contribution in [0.25, 0.3) is 0 Å². The molecule has 2 N–H and O–H groups in total. The maximum atomic E-state index is 12.3. The number of fused-ring (bicyclic) bond motifs is 1. The third-order valence-corrected chi connectivity index (χ3v) is 6.51. The fourth-order valence-electron chi connectivity index (χ4n) is 3.49. The van der Waals surface area contributed by atoms with Crippen molar-refractivity contribution in [2.75, 3.05) is 30.8 Å². The number of carbonyl (C=O) groups excluding carboxylic acids is 2. The quantitative estimate of drug-likeness (QED) is 0.730. The Hall–Kier alpha value is -2.69. The minimum atomic E-state index is -0.136. The highest BCUT2D eigenvalue weighted by Gasteiger charge is 2.23. The molecule has 0 spiro atoms. The molecule has 2 amide bonds. The molecule has 0 radical (unpaired) electrons. The number of anilines is 2. The number of amides is 2. The van der Waals surface area contributed by atoms with Crippen LogP contribution in [0.4, 0.5) is 10.7 Å². The number of aryl methyl sites for hydroxylation is 2. The SMILES string of the molecule is Cc1cccc(NC(=O)CN(C)CCC(=O)Nc2sc3c(c2C#N)CCC3)c1C. The third kappa shape index (κ3) is 5.03. The Morgan fingerprint density at radius 1 is 1.21 bits per heavy atom. The molecule has 2 aromatic rings. The fraction of sp³-hybridized carbons (Fsp3) is 0.409. The minimum Gasteiger partial charge on any atom is -0.325 e. The Kier molecular flexibility index (Phi) is 6.68. The first kappa shape index (κ1) is 21.0. The van der Waals surface area contributed by atoms with E-state index in [1.165, 1.54) is 16.2 Å². The molecule has 0 fully saturated rings. The molecule has 0 saturated heterocycles. The summed E-state index contributed by atoms with van der Waals surface area (Å²) < 4.78 is 0. The Bertz CT molecular complexity index is 974. The second-order valence-electron chi connectivity index (χ2n) is 7.50. The summed E-state index contributed by atoms with van der Waals surface area (Å²) in [5.41, 5.74) is 4.73. The number of rotatable bonds is 7. The van der Waals surface area contributed by atoms with Gasteiger partial charge >= 0.3 is 0 Å². The van der Waals surface area contributed by atoms with Gasteiger partial charge in [0.05, 0.1) is 12.1 Å². The van der Waals surface area contributed by atoms with Crippen molar-refractivity contribution in [1.82, 2.24) is 4.90 Å². The van der Waals surface area contributed by atoms with Crippen LogP contribution in [-0.2, 0) is 22.4 Å². The molecule has 7 heteroatoms. The molecule has 1 aromatic heterocycles. The van der Waals surface area contributed by atoms with Gasteiger partial charge in [-0.2, -0.15) is 5.26 Å². The average molecular weight is 411 g/mol. The molecule has 152 valence electrons. The number of thiophene rings is 1. The van der Waals surface area contributed by atoms with Gasteiger partial charge in [0, 0.05) is 23.5 Å². The molecule has 1 aliphatic rings. The first-order valence-electron chi connectivity index (χ1n) is 9.78. The largest absolute Gasteiger partial charge is 0.325 e. The van der Waals surface area contributed by atoms with Gasteiger partial charge in [0.15, 0.2) is 0 Å². The van der Waals surface area contributed by atoms with Crippen molar-refractivity contribution < 1.29 is 9.59 Å². The van der Waals surface area contributed by atoms with E-state index in [0.717, 1.165) is 41.6 Å². The van der Waals surface area contributed by atoms with Crippen molar-refractivity contribution in [2.24, 2.45) is 0 Å². The molecule has 6 nitrogen and oxygen atoms in total. The molecule has 3 rings (SSSR count). The summed E-state index contributed by atoms with van der Waals surface area (Å²) in [6.07, 6.45) is 3.26. The van der Waals surface area contributed by atoms with E-state index >= 15 is 0 Å². The third-order valence-electron chi connectivity index (χ3n) is 5.30. The van der Waals surface area contributed by atoms with E-state index < -0.39 is 0 Å². The summed E-state index contributed by atoms with van der Waals surface area (Å²) in [4.78, 5) is 27.7. The van der Waals surface area contributed by atoms with Crippen LogP contribution >= 0.6 is 11.3 Å². The van der Waals surface area contributed by atoms with Gasteiger partial charge in [-0.15, -0.1) is 11.3 Å². The van der Waals surface area contributed by atoms with Crippen molar-refractivity contribution >= 4 is 33.8 Å². The lowest BCUT2D eigenvalue weighted by atomic mass is 10.1. The van der Waals surface area contributed by atoms with Crippen molar-refractivity contribution in [3.63, 3.8) is 0 Å². The zero-order valence-electron chi connectivity index (χ0n) is 17.1. The Morgan fingerprint density at radius 3 is 2.76 bits per heavy atom. The van der Waals surface area contributed by atoms with Crippen LogP contribution in [0, 0.1) is 25.2 Å². The highest BCUT2D eigenvalue weighted by molar-refractivity contribution is 7.16. The van der Waals surface area contributed by atoms with Gasteiger partial charge in [-0.25, -0.2) is 0 Å². The monoisotopic (exact) mass is 410 g/mol. The average Bonchev–Trinajstić information content (AvgIpc) is 3.24. The highest BCUT2D eigenvalue weighted by atomic mass is 32.1. The summed E-state index contributed by atoms with van der Waals surface area (Å²) in [7, 11) is 1.82. The van der Waals surface area contributed by atoms with E-state index in [1.54, 1.807) is 0 Å². The first-order valence-corrected chi connectivity index (χ1v) is 10.6. The summed E-state index contributed by atoms with van der Waals surface area (Å²) in [5, 5.41) is 15.9. The molecule has 0 aliphatic heterocycles. The number of hydrogen-bond acceptors (Lipinski definition) is 5. The smallest absolute Gasteiger partial charge is 0.238 e. The van der Waals surface area contributed by atoms with Gasteiger partial charge in [-0.05, 0) is 62.9 Å². The van der Waals surface area contributed by atoms with Gasteiger partial charge in [0.1, 0.15) is 11.1 Å². The number of benzene rings is 1. The normalized spacial score (nSPS) is 12.5. The van der Waals surface area contributed by atoms with Gasteiger partial charge in [-0.3, -0.25) is 14.5 Å². The summed E-state index contributed by atoms with van der Waals surface area (Å²) in [6, 6.07) is 8.05. The summed E-state index contributed by atoms with van der Waals surface area (Å²) in [5.74, 6) is -0.244. The molecular formula is C22H26N4O2S. The minimum absolute atomic E-state index is 0.108. The second-order valence-corrected chi connectivity index (χ2v) is 8.61. The van der Waals surface area contributed by atoms with Crippen LogP contribution in [0.2, 0.25) is 0 Å². The number of carbonyl (C=O) groups is 2. The fourth-order valence-corrected chi connectivity index (χ4v) is 4.75. The van der Waals surface area contributed by atoms with Crippen LogP contribution in [0.5, 0.6) is 0 Å². The van der Waals surface area contributed by atoms with E-state index in [4.69, 9.17) is 0 Å². The predicted octanol–water partition coefficient (Wildman–Crippen LogP) is 3.62. The van der Waals surface area contributed by atoms with E-state index in [2.05, 4.69) is 16.7 Å². The van der Waals surface area contributed by atoms with Crippen LogP contribution in [-0.4, -0.2) is 36.9 Å². The maximum Gasteiger partial charge on any atom is 0.238 e. The van der Waals surface area contributed by atoms with Gasteiger partial charge in [-0.1, -0.05) is 12.1 Å². The standard InChI is InChI=1S/C22H26N4O2S/c1-14-6-4-8-18(15(14)2)24-21(28)13-26(3)11-10-20(27)25-22-17(12-23)16-7-5-9-19(16)29-22/h4,6,8H,5,7,9-11,13H2,1-3H3,(H,24,28)(H,25,27). The number of nitriles is 1. The number of likely N-dealkylation sites (N-methyl/N-ethyl adjacent to an activating group) is 1. The zero-order valence-corrected chi connectivity index (χ0v) is 17.9. The second kappa shape index (κ2) is 9.21. The molecular weight excluding hydrogens is 384 g/mol. The molecule has 1 heterocycles. The van der Waals surface area contributed by atoms with Crippen LogP contribution < -0.4 is 10.6 Å². The Morgan fingerprint density at radius 2 is 2.00 bits per heavy atom. The van der Waals surface area contributed by atoms with E-state index in [-0.39, 0.29) is 24.8 Å². The first-order chi connectivity index (χ1) is 13.9. The lowest BCUT2D eigenvalue weighted by Crippen LogP contribution is -2.32. The number of hydrogen-bond donors (Lipinski definition) is 2. The summed E-state index contributed by atoms with van der Waals surface area (Å²) >= 11 is 1.52. The molecule has 0 bridgehead atoms. The Balaban J connectivity index is 1.47. The number of nitrogens with zero attached hydrogens (tertiary/aromatic N) is 2. The van der Waals surface area contributed by atoms with E-state index in [0.29, 0.717) is 17.1 Å². The zero-order chi connectivity index (χ0) is 21.0. The Labute approximate surface area is 175 Å². The topological polar surface area (TPSA) is 85.2 Å². The van der Waals surface area contributed by atoms with Gasteiger partial charge in [0.25, 0.3) is 0 Å². The molecule has 0 atom stereocenters. The van der Waals surface area contributed by atoms with Crippen molar-refractivity contribution in [2.45, 2.75) is 39.5 Å². The summed E-state index contributed by atoms with van der Waals surface area (Å²) in [6.45, 7) is 4.65. The molecule has 29 heavy (non-hydrogen) atoms. The highest BCUT2D eigenvalue weighted by Crippen LogP contribution is 2.38. The predicted molar refractivity (Wildman–Crippen MR) is 116 cm³/mol. The van der Waals surface area contributed by atoms with Crippen molar-refractivity contribution in [3.8, 4) is 6.07 Å². The lowest BCUT2D eigenvalue weighted by Gasteiger charge is -2.17. The molecule has 1 aliphatic carbocycles. The molecule has 1 aromatic carbocycles. The maximum absolute atomic E-state index is 12.3. The van der Waals surface area contributed by atoms with Gasteiger partial charge < -0.3 is 10.6 Å². The van der Waals surface area contributed by atoms with E-state index in [9.17, 15) is 14.9 Å². The van der Waals surface area contributed by atoms with Crippen LogP contribution in [0.15, 0.2) is 18.2 Å². The van der Waals surface area contributed by atoms with Crippen LogP contribution in [0.1, 0.15) is 40.0 Å². The molecule has 0 unspecified atom stereocenters. The molecule has 0 saturated carbocycles. The van der Waals surface area contributed by atoms with Gasteiger partial charge in [0.2, 0.25) is 11.8 Å². The van der Waals surface area contributed by atoms with Crippen molar-refractivity contribution in [1.29, 1.82) is 5.26 Å². The van der Waals surface area contributed by atoms with E-state index in [1.807, 2.05) is 44.0 Å². The lowest BCUT2D eigenvalue weighted by molar-refractivity contribution is -0.119. The van der Waals surface area contributed by atoms with Crippen molar-refractivity contribution in [3.05, 3.63) is 45.3 Å². The number of nitrogens with one attached hydrogen (secondary N) is 2.